The van der Waals surface area contributed by atoms with E-state index >= 15 is 0 Å². The van der Waals surface area contributed by atoms with Crippen LogP contribution in [-0.4, -0.2) is 33.2 Å². The van der Waals surface area contributed by atoms with Gasteiger partial charge in [0.1, 0.15) is 11.4 Å². The smallest absolute Gasteiger partial charge is 0.165 e. The van der Waals surface area contributed by atoms with Crippen LogP contribution in [-0.2, 0) is 0 Å². The Labute approximate surface area is 471 Å². The summed E-state index contributed by atoms with van der Waals surface area (Å²) in [5.41, 5.74) is 17.8. The Bertz CT molecular complexity index is 4930. The predicted octanol–water partition coefficient (Wildman–Crippen LogP) is 18.9. The number of pyridine rings is 1. The van der Waals surface area contributed by atoms with Gasteiger partial charge in [-0.1, -0.05) is 231 Å². The Kier molecular flexibility index (Phi) is 10.2. The maximum atomic E-state index is 6.39. The molecule has 0 aliphatic rings. The second-order valence-corrected chi connectivity index (χ2v) is 21.1. The van der Waals surface area contributed by atoms with E-state index in [-0.39, 0.29) is 0 Å². The topological polar surface area (TPSA) is 58.4 Å². The van der Waals surface area contributed by atoms with E-state index in [4.69, 9.17) is 15.0 Å². The van der Waals surface area contributed by atoms with Crippen LogP contribution >= 0.6 is 0 Å². The van der Waals surface area contributed by atoms with E-state index < -0.39 is 0 Å². The molecule has 7 heteroatoms. The van der Waals surface area contributed by atoms with Gasteiger partial charge >= 0.3 is 0 Å². The van der Waals surface area contributed by atoms with Crippen LogP contribution in [0.1, 0.15) is 0 Å². The average Bonchev–Trinajstić information content (AvgIpc) is 2.37. The van der Waals surface area contributed by atoms with Crippen LogP contribution in [0, 0.1) is 0 Å². The molecule has 17 rings (SSSR count). The molecule has 6 heterocycles. The molecule has 0 spiro atoms. The minimum atomic E-state index is 0.780. The predicted molar refractivity (Wildman–Crippen MR) is 339 cm³/mol. The van der Waals surface area contributed by atoms with Crippen LogP contribution in [0.25, 0.3) is 155 Å². The SMILES string of the molecule is c1ccc(-c2ncc(-c3ccc(-c4c(-n5c6ccccc6c6ccccc65)c(-n5c6ccccc6c6ccccc65)nc(-n5c6ccccc6c6ccccc65)c4-n4c5ccccc5c5ccccc54)cc3)nc2-c2ccccc2)cc1. The van der Waals surface area contributed by atoms with E-state index in [0.29, 0.717) is 0 Å². The summed E-state index contributed by atoms with van der Waals surface area (Å²) in [5.74, 6) is 1.58. The zero-order valence-electron chi connectivity index (χ0n) is 44.3. The summed E-state index contributed by atoms with van der Waals surface area (Å²) < 4.78 is 9.83. The van der Waals surface area contributed by atoms with E-state index in [1.807, 2.05) is 18.3 Å². The fourth-order valence-corrected chi connectivity index (χ4v) is 13.1. The van der Waals surface area contributed by atoms with E-state index in [2.05, 4.69) is 285 Å². The normalized spacial score (nSPS) is 11.9. The maximum absolute atomic E-state index is 6.39. The first kappa shape index (κ1) is 45.8. The number of fused-ring (bicyclic) bond motifs is 12. The minimum Gasteiger partial charge on any atom is -0.305 e. The van der Waals surface area contributed by atoms with Crippen molar-refractivity contribution in [3.05, 3.63) is 285 Å². The first-order valence-corrected chi connectivity index (χ1v) is 27.9. The first-order valence-electron chi connectivity index (χ1n) is 27.9. The van der Waals surface area contributed by atoms with Gasteiger partial charge < -0.3 is 9.13 Å². The van der Waals surface area contributed by atoms with Gasteiger partial charge in [-0.05, 0) is 54.1 Å². The molecular weight excluding hydrogens is 999 g/mol. The Balaban J connectivity index is 1.08. The Morgan fingerprint density at radius 2 is 0.500 bits per heavy atom. The third-order valence-electron chi connectivity index (χ3n) is 16.6. The largest absolute Gasteiger partial charge is 0.305 e. The molecule has 0 unspecified atom stereocenters. The van der Waals surface area contributed by atoms with E-state index in [0.717, 1.165) is 155 Å². The Morgan fingerprint density at radius 1 is 0.220 bits per heavy atom. The van der Waals surface area contributed by atoms with Crippen molar-refractivity contribution < 1.29 is 0 Å². The highest BCUT2D eigenvalue weighted by molar-refractivity contribution is 6.16. The van der Waals surface area contributed by atoms with Crippen molar-refractivity contribution in [2.45, 2.75) is 0 Å². The number of hydrogen-bond donors (Lipinski definition) is 0. The van der Waals surface area contributed by atoms with Crippen molar-refractivity contribution in [3.8, 4) is 67.9 Å². The summed E-state index contributed by atoms with van der Waals surface area (Å²) in [6, 6.07) is 100. The molecule has 0 saturated carbocycles. The molecule has 0 radical (unpaired) electrons. The van der Waals surface area contributed by atoms with Crippen molar-refractivity contribution >= 4 is 87.2 Å². The fourth-order valence-electron chi connectivity index (χ4n) is 13.1. The van der Waals surface area contributed by atoms with Crippen molar-refractivity contribution in [1.82, 2.24) is 33.2 Å². The summed E-state index contributed by atoms with van der Waals surface area (Å²) in [5, 5.41) is 9.23. The molecule has 0 saturated heterocycles. The zero-order valence-corrected chi connectivity index (χ0v) is 44.3. The summed E-state index contributed by atoms with van der Waals surface area (Å²) in [6.45, 7) is 0. The van der Waals surface area contributed by atoms with Crippen molar-refractivity contribution in [2.75, 3.05) is 0 Å². The number of aromatic nitrogens is 7. The highest BCUT2D eigenvalue weighted by Gasteiger charge is 2.32. The minimum absolute atomic E-state index is 0.780. The molecule has 17 aromatic rings. The molecule has 382 valence electrons. The van der Waals surface area contributed by atoms with E-state index in [1.54, 1.807) is 0 Å². The van der Waals surface area contributed by atoms with Crippen LogP contribution in [0.3, 0.4) is 0 Å². The highest BCUT2D eigenvalue weighted by Crippen LogP contribution is 2.49. The van der Waals surface area contributed by atoms with Crippen molar-refractivity contribution in [3.63, 3.8) is 0 Å². The monoisotopic (exact) mass is 1050 g/mol. The van der Waals surface area contributed by atoms with Gasteiger partial charge in [-0.2, -0.15) is 0 Å². The number of rotatable bonds is 8. The summed E-state index contributed by atoms with van der Waals surface area (Å²) >= 11 is 0. The Hall–Kier alpha value is -11.2. The molecule has 0 fully saturated rings. The van der Waals surface area contributed by atoms with Crippen molar-refractivity contribution in [2.24, 2.45) is 0 Å². The van der Waals surface area contributed by atoms with Crippen LogP contribution < -0.4 is 0 Å². The quantitative estimate of drug-likeness (QED) is 0.152. The van der Waals surface area contributed by atoms with Crippen LogP contribution in [0.2, 0.25) is 0 Å². The number of para-hydroxylation sites is 8. The molecule has 0 amide bonds. The lowest BCUT2D eigenvalue weighted by atomic mass is 9.98. The summed E-state index contributed by atoms with van der Waals surface area (Å²) in [7, 11) is 0. The standard InChI is InChI=1S/C75H47N7/c1-3-23-50(24-4-1)70-71(51-25-5-2-6-26-51)77-60(47-76-70)48-43-45-49(46-44-48)69-72(79-61-35-15-7-27-52(61)53-28-8-16-36-62(53)79)74(81-65-39-19-11-31-56(65)57-32-12-20-40-66(57)81)78-75(82-67-41-21-13-33-58(67)59-34-14-22-42-68(59)82)73(69)80-63-37-17-9-29-54(63)55-30-10-18-38-64(55)80/h1-47H. The highest BCUT2D eigenvalue weighted by atomic mass is 15.2. The summed E-state index contributed by atoms with van der Waals surface area (Å²) in [6.07, 6.45) is 1.92. The van der Waals surface area contributed by atoms with Crippen molar-refractivity contribution in [1.29, 1.82) is 0 Å². The molecule has 0 atom stereocenters. The van der Waals surface area contributed by atoms with Gasteiger partial charge in [0.05, 0.1) is 67.4 Å². The second-order valence-electron chi connectivity index (χ2n) is 21.1. The third kappa shape index (κ3) is 6.80. The molecule has 0 bridgehead atoms. The van der Waals surface area contributed by atoms with Gasteiger partial charge in [-0.25, -0.2) is 9.97 Å². The lowest BCUT2D eigenvalue weighted by Gasteiger charge is -2.27. The van der Waals surface area contributed by atoms with Gasteiger partial charge in [0.2, 0.25) is 0 Å². The third-order valence-corrected chi connectivity index (χ3v) is 16.6. The molecular formula is C75H47N7. The fraction of sp³-hybridized carbons (Fsp3) is 0. The first-order chi connectivity index (χ1) is 40.7. The molecule has 0 aliphatic heterocycles. The molecule has 0 aliphatic carbocycles. The van der Waals surface area contributed by atoms with Gasteiger partial charge in [0.25, 0.3) is 0 Å². The van der Waals surface area contributed by atoms with Gasteiger partial charge in [0.15, 0.2) is 11.6 Å². The molecule has 11 aromatic carbocycles. The number of nitrogens with zero attached hydrogens (tertiary/aromatic N) is 7. The number of hydrogen-bond acceptors (Lipinski definition) is 3. The molecule has 7 nitrogen and oxygen atoms in total. The molecule has 6 aromatic heterocycles. The Morgan fingerprint density at radius 3 is 0.841 bits per heavy atom. The lowest BCUT2D eigenvalue weighted by molar-refractivity contribution is 0.961. The van der Waals surface area contributed by atoms with Crippen LogP contribution in [0.4, 0.5) is 0 Å². The van der Waals surface area contributed by atoms with Gasteiger partial charge in [0, 0.05) is 65.3 Å². The lowest BCUT2D eigenvalue weighted by Crippen LogP contribution is -2.16. The van der Waals surface area contributed by atoms with Gasteiger partial charge in [-0.15, -0.1) is 0 Å². The second kappa shape index (κ2) is 18.2. The van der Waals surface area contributed by atoms with Crippen LogP contribution in [0.15, 0.2) is 285 Å². The maximum Gasteiger partial charge on any atom is 0.165 e. The van der Waals surface area contributed by atoms with Crippen LogP contribution in [0.5, 0.6) is 0 Å². The number of benzene rings is 11. The molecule has 82 heavy (non-hydrogen) atoms. The average molecular weight is 1050 g/mol. The summed E-state index contributed by atoms with van der Waals surface area (Å²) in [4.78, 5) is 17.0. The van der Waals surface area contributed by atoms with E-state index in [1.165, 1.54) is 0 Å². The molecule has 0 N–H and O–H groups in total. The van der Waals surface area contributed by atoms with Gasteiger partial charge in [-0.3, -0.25) is 14.1 Å². The zero-order chi connectivity index (χ0) is 53.8. The van der Waals surface area contributed by atoms with E-state index in [9.17, 15) is 0 Å².